The Labute approximate surface area is 92.2 Å². The van der Waals surface area contributed by atoms with Gasteiger partial charge in [-0.15, -0.1) is 4.91 Å². The summed E-state index contributed by atoms with van der Waals surface area (Å²) >= 11 is 0. The Bertz CT molecular complexity index is 150. The Balaban J connectivity index is 0. The third-order valence-corrected chi connectivity index (χ3v) is 1.71. The first-order valence-electron chi connectivity index (χ1n) is 4.33. The van der Waals surface area contributed by atoms with Gasteiger partial charge in [0.25, 0.3) is 0 Å². The van der Waals surface area contributed by atoms with Crippen molar-refractivity contribution in [2.24, 2.45) is 22.5 Å². The Hall–Kier alpha value is -0.880. The van der Waals surface area contributed by atoms with Crippen LogP contribution in [-0.4, -0.2) is 63.7 Å². The second-order valence-corrected chi connectivity index (χ2v) is 2.78. The summed E-state index contributed by atoms with van der Waals surface area (Å²) in [6.07, 6.45) is -2.36. The molecule has 0 rings (SSSR count). The highest BCUT2D eigenvalue weighted by molar-refractivity contribution is 4.75. The molecule has 0 saturated heterocycles. The number of nitrogens with zero attached hydrogens (tertiary/aromatic N) is 2. The highest BCUT2D eigenvalue weighted by Crippen LogP contribution is 2.00. The molecule has 98 valence electrons. The smallest absolute Gasteiger partial charge is 0.152 e. The SMILES string of the molecule is NC(CO)N(C(N)CO)C(N)CO.O=NO. The minimum absolute atomic E-state index is 0.346. The lowest BCUT2D eigenvalue weighted by Crippen LogP contribution is -2.63. The van der Waals surface area contributed by atoms with Crippen molar-refractivity contribution < 1.29 is 20.5 Å². The summed E-state index contributed by atoms with van der Waals surface area (Å²) in [5.74, 6) is 0. The first-order chi connectivity index (χ1) is 7.49. The van der Waals surface area contributed by atoms with E-state index in [-0.39, 0.29) is 19.8 Å². The van der Waals surface area contributed by atoms with E-state index in [0.717, 1.165) is 0 Å². The van der Waals surface area contributed by atoms with E-state index < -0.39 is 18.5 Å². The molecule has 0 fully saturated rings. The van der Waals surface area contributed by atoms with Crippen LogP contribution in [0.2, 0.25) is 0 Å². The molecule has 0 bridgehead atoms. The number of hydrogen-bond donors (Lipinski definition) is 7. The van der Waals surface area contributed by atoms with Gasteiger partial charge in [-0.2, -0.15) is 0 Å². The van der Waals surface area contributed by atoms with E-state index in [2.05, 4.69) is 0 Å². The molecular formula is C6H19N5O5. The Morgan fingerprint density at radius 2 is 1.12 bits per heavy atom. The van der Waals surface area contributed by atoms with E-state index in [0.29, 0.717) is 0 Å². The summed E-state index contributed by atoms with van der Waals surface area (Å²) in [6.45, 7) is -1.04. The zero-order valence-corrected chi connectivity index (χ0v) is 8.68. The minimum Gasteiger partial charge on any atom is -0.393 e. The van der Waals surface area contributed by atoms with Crippen molar-refractivity contribution >= 4 is 0 Å². The molecule has 0 amide bonds. The Morgan fingerprint density at radius 3 is 1.25 bits per heavy atom. The van der Waals surface area contributed by atoms with Gasteiger partial charge in [-0.3, -0.25) is 4.90 Å². The lowest BCUT2D eigenvalue weighted by Gasteiger charge is -2.35. The van der Waals surface area contributed by atoms with Crippen LogP contribution in [-0.2, 0) is 0 Å². The maximum absolute atomic E-state index is 8.75. The molecule has 16 heavy (non-hydrogen) atoms. The second-order valence-electron chi connectivity index (χ2n) is 2.78. The lowest BCUT2D eigenvalue weighted by molar-refractivity contribution is 0.00360. The highest BCUT2D eigenvalue weighted by Gasteiger charge is 2.25. The average molecular weight is 241 g/mol. The predicted octanol–water partition coefficient (Wildman–Crippen LogP) is -3.74. The van der Waals surface area contributed by atoms with Crippen LogP contribution in [0.25, 0.3) is 0 Å². The van der Waals surface area contributed by atoms with E-state index in [9.17, 15) is 0 Å². The fraction of sp³-hybridized carbons (Fsp3) is 1.00. The predicted molar refractivity (Wildman–Crippen MR) is 54.6 cm³/mol. The van der Waals surface area contributed by atoms with E-state index in [1.54, 1.807) is 0 Å². The van der Waals surface area contributed by atoms with Crippen molar-refractivity contribution in [3.05, 3.63) is 4.91 Å². The summed E-state index contributed by atoms with van der Waals surface area (Å²) in [6, 6.07) is 0. The van der Waals surface area contributed by atoms with Crippen LogP contribution in [0.15, 0.2) is 5.34 Å². The molecule has 0 aliphatic carbocycles. The molecule has 0 aliphatic heterocycles. The standard InChI is InChI=1S/C6H18N4O3.HNO2/c7-4(1-11)10(5(8)2-12)6(9)3-13;2-1-3/h4-6,11-13H,1-3,7-9H2;(H,2,3). The van der Waals surface area contributed by atoms with E-state index in [1.807, 2.05) is 0 Å². The van der Waals surface area contributed by atoms with Gasteiger partial charge in [-0.25, -0.2) is 0 Å². The fourth-order valence-corrected chi connectivity index (χ4v) is 1.02. The minimum atomic E-state index is -0.788. The van der Waals surface area contributed by atoms with Crippen LogP contribution in [0.1, 0.15) is 0 Å². The Kier molecular flexibility index (Phi) is 11.6. The fourth-order valence-electron chi connectivity index (χ4n) is 1.02. The largest absolute Gasteiger partial charge is 0.393 e. The van der Waals surface area contributed by atoms with E-state index >= 15 is 0 Å². The van der Waals surface area contributed by atoms with Gasteiger partial charge in [0.05, 0.1) is 38.3 Å². The third-order valence-electron chi connectivity index (χ3n) is 1.71. The van der Waals surface area contributed by atoms with Crippen LogP contribution >= 0.6 is 0 Å². The van der Waals surface area contributed by atoms with Gasteiger partial charge in [-0.05, 0) is 0 Å². The molecule has 10 heteroatoms. The van der Waals surface area contributed by atoms with Crippen LogP contribution in [0.3, 0.4) is 0 Å². The Morgan fingerprint density at radius 1 is 0.938 bits per heavy atom. The van der Waals surface area contributed by atoms with Crippen LogP contribution in [0.4, 0.5) is 0 Å². The quantitative estimate of drug-likeness (QED) is 0.139. The normalized spacial score (nSPS) is 15.9. The highest BCUT2D eigenvalue weighted by atomic mass is 16.6. The second kappa shape index (κ2) is 10.6. The van der Waals surface area contributed by atoms with Gasteiger partial charge in [-0.1, -0.05) is 0 Å². The van der Waals surface area contributed by atoms with Gasteiger partial charge in [0, 0.05) is 0 Å². The molecule has 0 aliphatic rings. The molecule has 0 radical (unpaired) electrons. The maximum Gasteiger partial charge on any atom is 0.152 e. The van der Waals surface area contributed by atoms with Gasteiger partial charge in [0.1, 0.15) is 0 Å². The summed E-state index contributed by atoms with van der Waals surface area (Å²) in [5.41, 5.74) is 16.4. The maximum atomic E-state index is 8.75. The molecule has 3 unspecified atom stereocenters. The van der Waals surface area contributed by atoms with Crippen molar-refractivity contribution in [1.29, 1.82) is 0 Å². The number of nitrogens with two attached hydrogens (primary N) is 3. The third kappa shape index (κ3) is 6.58. The monoisotopic (exact) mass is 241 g/mol. The van der Waals surface area contributed by atoms with Crippen LogP contribution in [0.5, 0.6) is 0 Å². The van der Waals surface area contributed by atoms with E-state index in [1.165, 1.54) is 10.2 Å². The molecule has 0 aromatic rings. The summed E-state index contributed by atoms with van der Waals surface area (Å²) in [5, 5.41) is 34.1. The molecule has 0 spiro atoms. The van der Waals surface area contributed by atoms with Gasteiger partial charge < -0.3 is 37.7 Å². The number of hydrogen-bond acceptors (Lipinski definition) is 9. The van der Waals surface area contributed by atoms with Gasteiger partial charge in [0.15, 0.2) is 5.34 Å². The molecule has 0 aromatic heterocycles. The van der Waals surface area contributed by atoms with Crippen molar-refractivity contribution in [3.63, 3.8) is 0 Å². The van der Waals surface area contributed by atoms with E-state index in [4.69, 9.17) is 42.6 Å². The first kappa shape index (κ1) is 17.5. The molecule has 3 atom stereocenters. The molecule has 0 heterocycles. The van der Waals surface area contributed by atoms with Crippen molar-refractivity contribution in [3.8, 4) is 0 Å². The number of aliphatic hydroxyl groups is 3. The molecular weight excluding hydrogens is 222 g/mol. The van der Waals surface area contributed by atoms with Crippen molar-refractivity contribution in [1.82, 2.24) is 4.90 Å². The molecule has 10 N–H and O–H groups in total. The number of aliphatic hydroxyl groups excluding tert-OH is 3. The van der Waals surface area contributed by atoms with Crippen molar-refractivity contribution in [2.45, 2.75) is 18.5 Å². The van der Waals surface area contributed by atoms with Crippen molar-refractivity contribution in [2.75, 3.05) is 19.8 Å². The molecule has 0 saturated carbocycles. The molecule has 10 nitrogen and oxygen atoms in total. The summed E-state index contributed by atoms with van der Waals surface area (Å²) < 4.78 is 0. The first-order valence-corrected chi connectivity index (χ1v) is 4.33. The topological polar surface area (TPSA) is 192 Å². The zero-order chi connectivity index (χ0) is 13.1. The van der Waals surface area contributed by atoms with Crippen LogP contribution < -0.4 is 17.2 Å². The zero-order valence-electron chi connectivity index (χ0n) is 8.68. The van der Waals surface area contributed by atoms with Gasteiger partial charge >= 0.3 is 0 Å². The lowest BCUT2D eigenvalue weighted by atomic mass is 10.3. The summed E-state index contributed by atoms with van der Waals surface area (Å²) in [4.78, 5) is 9.36. The summed E-state index contributed by atoms with van der Waals surface area (Å²) in [7, 11) is 0. The van der Waals surface area contributed by atoms with Crippen LogP contribution in [0, 0.1) is 4.91 Å². The number of rotatable bonds is 6. The van der Waals surface area contributed by atoms with Gasteiger partial charge in [0.2, 0.25) is 0 Å². The average Bonchev–Trinajstić information content (AvgIpc) is 2.29. The molecule has 0 aromatic carbocycles.